The Morgan fingerprint density at radius 2 is 1.93 bits per heavy atom. The zero-order chi connectivity index (χ0) is 19.8. The summed E-state index contributed by atoms with van der Waals surface area (Å²) in [5.74, 6) is -3.46. The van der Waals surface area contributed by atoms with E-state index in [0.29, 0.717) is 10.7 Å². The zero-order valence-electron chi connectivity index (χ0n) is 14.2. The van der Waals surface area contributed by atoms with Crippen molar-refractivity contribution in [2.75, 3.05) is 4.90 Å². The number of benzene rings is 1. The number of rotatable bonds is 3. The van der Waals surface area contributed by atoms with Gasteiger partial charge in [0.15, 0.2) is 0 Å². The van der Waals surface area contributed by atoms with Gasteiger partial charge in [0.1, 0.15) is 0 Å². The van der Waals surface area contributed by atoms with Crippen molar-refractivity contribution in [3.8, 4) is 0 Å². The molecule has 0 fully saturated rings. The first-order valence-corrected chi connectivity index (χ1v) is 8.60. The minimum absolute atomic E-state index is 0.265. The molecule has 0 aromatic heterocycles. The van der Waals surface area contributed by atoms with Crippen LogP contribution < -0.4 is 10.2 Å². The van der Waals surface area contributed by atoms with Crippen LogP contribution in [0.4, 0.5) is 18.9 Å². The summed E-state index contributed by atoms with van der Waals surface area (Å²) in [6.45, 7) is 1.41. The largest absolute Gasteiger partial charge is 0.471 e. The van der Waals surface area contributed by atoms with Crippen LogP contribution in [0, 0.1) is 11.8 Å². The van der Waals surface area contributed by atoms with Crippen LogP contribution in [-0.2, 0) is 9.59 Å². The lowest BCUT2D eigenvalue weighted by Crippen LogP contribution is -2.51. The highest BCUT2D eigenvalue weighted by Gasteiger charge is 2.43. The van der Waals surface area contributed by atoms with Gasteiger partial charge in [0, 0.05) is 22.3 Å². The molecule has 3 unspecified atom stereocenters. The van der Waals surface area contributed by atoms with Gasteiger partial charge in [-0.15, -0.1) is 0 Å². The van der Waals surface area contributed by atoms with Crippen LogP contribution in [0.25, 0.3) is 0 Å². The second-order valence-corrected chi connectivity index (χ2v) is 6.72. The van der Waals surface area contributed by atoms with Crippen LogP contribution in [0.3, 0.4) is 0 Å². The molecule has 1 aromatic rings. The van der Waals surface area contributed by atoms with Crippen molar-refractivity contribution in [3.63, 3.8) is 0 Å². The number of nitrogens with zero attached hydrogens (tertiary/aromatic N) is 1. The Morgan fingerprint density at radius 1 is 1.26 bits per heavy atom. The monoisotopic (exact) mass is 396 g/mol. The van der Waals surface area contributed by atoms with Crippen molar-refractivity contribution in [3.05, 3.63) is 65.4 Å². The number of hydrogen-bond donors (Lipinski definition) is 1. The number of nitrogens with one attached hydrogen (secondary N) is 1. The van der Waals surface area contributed by atoms with E-state index in [-0.39, 0.29) is 11.6 Å². The number of para-hydroxylation sites is 1. The summed E-state index contributed by atoms with van der Waals surface area (Å²) in [5, 5.41) is 2.28. The lowest BCUT2D eigenvalue weighted by Gasteiger charge is -2.39. The Bertz CT molecular complexity index is 846. The predicted octanol–water partition coefficient (Wildman–Crippen LogP) is 3.91. The van der Waals surface area contributed by atoms with Gasteiger partial charge in [0.05, 0.1) is 12.0 Å². The lowest BCUT2D eigenvalue weighted by atomic mass is 9.82. The van der Waals surface area contributed by atoms with Crippen LogP contribution in [0.15, 0.2) is 65.4 Å². The van der Waals surface area contributed by atoms with E-state index in [0.717, 1.165) is 0 Å². The van der Waals surface area contributed by atoms with E-state index in [2.05, 4.69) is 0 Å². The average Bonchev–Trinajstić information content (AvgIpc) is 2.61. The first kappa shape index (κ1) is 19.2. The van der Waals surface area contributed by atoms with Crippen molar-refractivity contribution in [1.82, 2.24) is 5.32 Å². The van der Waals surface area contributed by atoms with E-state index in [1.807, 2.05) is 5.32 Å². The molecule has 8 heteroatoms. The van der Waals surface area contributed by atoms with Gasteiger partial charge in [0.2, 0.25) is 5.91 Å². The van der Waals surface area contributed by atoms with Crippen molar-refractivity contribution < 1.29 is 22.8 Å². The second-order valence-electron chi connectivity index (χ2n) is 6.29. The van der Waals surface area contributed by atoms with Gasteiger partial charge >= 0.3 is 12.1 Å². The molecule has 2 aliphatic rings. The van der Waals surface area contributed by atoms with Crippen molar-refractivity contribution in [2.45, 2.75) is 19.1 Å². The number of anilines is 1. The Hall–Kier alpha value is -2.54. The average molecular weight is 397 g/mol. The van der Waals surface area contributed by atoms with Crippen LogP contribution in [0.5, 0.6) is 0 Å². The summed E-state index contributed by atoms with van der Waals surface area (Å²) in [6.07, 6.45) is 1.74. The van der Waals surface area contributed by atoms with Crippen molar-refractivity contribution in [2.24, 2.45) is 11.8 Å². The summed E-state index contributed by atoms with van der Waals surface area (Å²) < 4.78 is 37.9. The molecule has 0 radical (unpaired) electrons. The fourth-order valence-corrected chi connectivity index (χ4v) is 3.50. The molecule has 0 saturated carbocycles. The number of allylic oxidation sites excluding steroid dienone is 4. The molecule has 1 aliphatic carbocycles. The van der Waals surface area contributed by atoms with Gasteiger partial charge in [0.25, 0.3) is 0 Å². The molecular weight excluding hydrogens is 381 g/mol. The van der Waals surface area contributed by atoms with Crippen molar-refractivity contribution in [1.29, 1.82) is 0 Å². The molecule has 0 bridgehead atoms. The highest BCUT2D eigenvalue weighted by Crippen LogP contribution is 2.39. The lowest BCUT2D eigenvalue weighted by molar-refractivity contribution is -0.174. The molecule has 27 heavy (non-hydrogen) atoms. The number of carbonyl (C=O) groups is 2. The molecule has 1 N–H and O–H groups in total. The normalized spacial score (nSPS) is 23.3. The maximum absolute atomic E-state index is 13.2. The number of fused-ring (bicyclic) bond motifs is 1. The Morgan fingerprint density at radius 3 is 2.56 bits per heavy atom. The van der Waals surface area contributed by atoms with E-state index in [9.17, 15) is 22.8 Å². The van der Waals surface area contributed by atoms with E-state index in [1.54, 1.807) is 54.6 Å². The van der Waals surface area contributed by atoms with Gasteiger partial charge in [-0.2, -0.15) is 13.2 Å². The topological polar surface area (TPSA) is 49.4 Å². The van der Waals surface area contributed by atoms with E-state index < -0.39 is 30.0 Å². The molecule has 0 spiro atoms. The summed E-state index contributed by atoms with van der Waals surface area (Å²) in [7, 11) is 0. The van der Waals surface area contributed by atoms with Gasteiger partial charge in [-0.05, 0) is 25.1 Å². The summed E-state index contributed by atoms with van der Waals surface area (Å²) in [4.78, 5) is 25.8. The smallest absolute Gasteiger partial charge is 0.340 e. The number of alkyl halides is 3. The molecule has 3 rings (SSSR count). The molecule has 4 nitrogen and oxygen atoms in total. The van der Waals surface area contributed by atoms with E-state index in [1.165, 1.54) is 11.8 Å². The Labute approximate surface area is 159 Å². The minimum Gasteiger partial charge on any atom is -0.340 e. The Kier molecular flexibility index (Phi) is 5.15. The maximum atomic E-state index is 13.2. The Balaban J connectivity index is 2.02. The summed E-state index contributed by atoms with van der Waals surface area (Å²) >= 11 is 6.22. The maximum Gasteiger partial charge on any atom is 0.471 e. The molecule has 0 saturated heterocycles. The first-order chi connectivity index (χ1) is 12.7. The zero-order valence-corrected chi connectivity index (χ0v) is 15.0. The molecule has 3 atom stereocenters. The number of halogens is 4. The summed E-state index contributed by atoms with van der Waals surface area (Å²) in [6, 6.07) is 7.48. The third-order valence-corrected chi connectivity index (χ3v) is 4.80. The summed E-state index contributed by atoms with van der Waals surface area (Å²) in [5.41, 5.74) is 0.750. The standard InChI is InChI=1S/C19H16ClF3N2O2/c1-11(24-18(27)19(21,22)23)15-10-12-6-5-9-14(20)16(12)17(26)25(15)13-7-3-2-4-8-13/h2-12,16H,1H3,(H,24,27). The van der Waals surface area contributed by atoms with Gasteiger partial charge in [-0.25, -0.2) is 0 Å². The van der Waals surface area contributed by atoms with Crippen LogP contribution in [0.2, 0.25) is 0 Å². The molecular formula is C19H16ClF3N2O2. The van der Waals surface area contributed by atoms with Crippen LogP contribution >= 0.6 is 11.6 Å². The van der Waals surface area contributed by atoms with Crippen LogP contribution in [-0.4, -0.2) is 24.0 Å². The van der Waals surface area contributed by atoms with Gasteiger partial charge in [-0.3, -0.25) is 14.5 Å². The highest BCUT2D eigenvalue weighted by atomic mass is 35.5. The number of hydrogen-bond acceptors (Lipinski definition) is 2. The predicted molar refractivity (Wildman–Crippen MR) is 95.7 cm³/mol. The SMILES string of the molecule is CC(NC(=O)C(F)(F)F)C1=CC2C=CC=C(Cl)C2C(=O)N1c1ccccc1. The molecule has 1 aromatic carbocycles. The number of amides is 2. The number of carbonyl (C=O) groups excluding carboxylic acids is 2. The van der Waals surface area contributed by atoms with Gasteiger partial charge in [-0.1, -0.05) is 48.0 Å². The molecule has 2 amide bonds. The second kappa shape index (κ2) is 7.23. The first-order valence-electron chi connectivity index (χ1n) is 8.22. The van der Waals surface area contributed by atoms with Gasteiger partial charge < -0.3 is 5.32 Å². The fraction of sp³-hybridized carbons (Fsp3) is 0.263. The highest BCUT2D eigenvalue weighted by molar-refractivity contribution is 6.32. The third-order valence-electron chi connectivity index (χ3n) is 4.44. The minimum atomic E-state index is -5.01. The molecule has 1 heterocycles. The molecule has 142 valence electrons. The van der Waals surface area contributed by atoms with Crippen LogP contribution in [0.1, 0.15) is 6.92 Å². The van der Waals surface area contributed by atoms with E-state index in [4.69, 9.17) is 11.6 Å². The van der Waals surface area contributed by atoms with Crippen molar-refractivity contribution >= 4 is 29.1 Å². The molecule has 1 aliphatic heterocycles. The quantitative estimate of drug-likeness (QED) is 0.842. The van der Waals surface area contributed by atoms with E-state index >= 15 is 0 Å². The third kappa shape index (κ3) is 3.78. The fourth-order valence-electron chi connectivity index (χ4n) is 3.19.